The van der Waals surface area contributed by atoms with E-state index in [1.54, 1.807) is 0 Å². The zero-order chi connectivity index (χ0) is 16.6. The SMILES string of the molecule is O=C(COc1ccccc1)N1CCCN(Cc2ccncc2)CC1. The molecule has 3 rings (SSSR count). The van der Waals surface area contributed by atoms with Gasteiger partial charge >= 0.3 is 0 Å². The van der Waals surface area contributed by atoms with Crippen molar-refractivity contribution < 1.29 is 9.53 Å². The summed E-state index contributed by atoms with van der Waals surface area (Å²) in [5.74, 6) is 0.796. The highest BCUT2D eigenvalue weighted by molar-refractivity contribution is 5.77. The maximum absolute atomic E-state index is 12.4. The fourth-order valence-electron chi connectivity index (χ4n) is 2.88. The number of rotatable bonds is 5. The van der Waals surface area contributed by atoms with Crippen molar-refractivity contribution in [3.8, 4) is 5.75 Å². The van der Waals surface area contributed by atoms with Gasteiger partial charge in [-0.05, 0) is 36.2 Å². The van der Waals surface area contributed by atoms with E-state index in [1.165, 1.54) is 5.56 Å². The Kier molecular flexibility index (Phi) is 5.80. The third-order valence-electron chi connectivity index (χ3n) is 4.20. The van der Waals surface area contributed by atoms with Gasteiger partial charge in [-0.1, -0.05) is 18.2 Å². The summed E-state index contributed by atoms with van der Waals surface area (Å²) < 4.78 is 5.57. The summed E-state index contributed by atoms with van der Waals surface area (Å²) in [6, 6.07) is 13.6. The number of hydrogen-bond acceptors (Lipinski definition) is 4. The fraction of sp³-hybridized carbons (Fsp3) is 0.368. The molecule has 0 aliphatic carbocycles. The highest BCUT2D eigenvalue weighted by Crippen LogP contribution is 2.11. The van der Waals surface area contributed by atoms with Gasteiger partial charge in [0.2, 0.25) is 0 Å². The highest BCUT2D eigenvalue weighted by atomic mass is 16.5. The molecule has 1 aromatic carbocycles. The Bertz CT molecular complexity index is 634. The van der Waals surface area contributed by atoms with Gasteiger partial charge in [0.1, 0.15) is 5.75 Å². The van der Waals surface area contributed by atoms with Crippen LogP contribution in [0.25, 0.3) is 0 Å². The van der Waals surface area contributed by atoms with Crippen LogP contribution in [0.4, 0.5) is 0 Å². The number of para-hydroxylation sites is 1. The number of carbonyl (C=O) groups excluding carboxylic acids is 1. The Balaban J connectivity index is 1.47. The molecule has 1 saturated heterocycles. The number of amides is 1. The summed E-state index contributed by atoms with van der Waals surface area (Å²) in [7, 11) is 0. The number of pyridine rings is 1. The Morgan fingerprint density at radius 2 is 1.79 bits per heavy atom. The van der Waals surface area contributed by atoms with Gasteiger partial charge in [-0.15, -0.1) is 0 Å². The van der Waals surface area contributed by atoms with E-state index in [1.807, 2.05) is 59.8 Å². The summed E-state index contributed by atoms with van der Waals surface area (Å²) in [6.45, 7) is 4.45. The molecule has 1 aliphatic heterocycles. The molecule has 0 N–H and O–H groups in total. The first kappa shape index (κ1) is 16.5. The van der Waals surface area contributed by atoms with Gasteiger partial charge in [0.15, 0.2) is 6.61 Å². The molecular formula is C19H23N3O2. The molecule has 5 heteroatoms. The van der Waals surface area contributed by atoms with Crippen LogP contribution in [0, 0.1) is 0 Å². The number of carbonyl (C=O) groups is 1. The molecular weight excluding hydrogens is 302 g/mol. The van der Waals surface area contributed by atoms with Gasteiger partial charge in [0.05, 0.1) is 0 Å². The average Bonchev–Trinajstić information content (AvgIpc) is 2.87. The minimum atomic E-state index is 0.0598. The first-order chi connectivity index (χ1) is 11.8. The van der Waals surface area contributed by atoms with Gasteiger partial charge < -0.3 is 9.64 Å². The molecule has 0 bridgehead atoms. The average molecular weight is 325 g/mol. The maximum Gasteiger partial charge on any atom is 0.260 e. The zero-order valence-corrected chi connectivity index (χ0v) is 13.8. The molecule has 1 aromatic heterocycles. The van der Waals surface area contributed by atoms with Gasteiger partial charge in [0, 0.05) is 45.1 Å². The highest BCUT2D eigenvalue weighted by Gasteiger charge is 2.19. The standard InChI is InChI=1S/C19H23N3O2/c23-19(16-24-18-5-2-1-3-6-18)22-12-4-11-21(13-14-22)15-17-7-9-20-10-8-17/h1-3,5-10H,4,11-16H2. The number of aromatic nitrogens is 1. The van der Waals surface area contributed by atoms with Gasteiger partial charge in [-0.2, -0.15) is 0 Å². The monoisotopic (exact) mass is 325 g/mol. The Hall–Kier alpha value is -2.40. The number of nitrogens with zero attached hydrogens (tertiary/aromatic N) is 3. The normalized spacial score (nSPS) is 15.8. The molecule has 1 amide bonds. The summed E-state index contributed by atoms with van der Waals surface area (Å²) in [5.41, 5.74) is 1.26. The van der Waals surface area contributed by atoms with Crippen LogP contribution in [0.3, 0.4) is 0 Å². The van der Waals surface area contributed by atoms with Crippen molar-refractivity contribution in [1.29, 1.82) is 0 Å². The number of hydrogen-bond donors (Lipinski definition) is 0. The topological polar surface area (TPSA) is 45.7 Å². The van der Waals surface area contributed by atoms with Gasteiger partial charge in [0.25, 0.3) is 5.91 Å². The van der Waals surface area contributed by atoms with E-state index in [4.69, 9.17) is 4.74 Å². The van der Waals surface area contributed by atoms with Crippen LogP contribution in [0.1, 0.15) is 12.0 Å². The first-order valence-corrected chi connectivity index (χ1v) is 8.38. The van der Waals surface area contributed by atoms with E-state index in [-0.39, 0.29) is 12.5 Å². The van der Waals surface area contributed by atoms with E-state index in [9.17, 15) is 4.79 Å². The molecule has 126 valence electrons. The summed E-state index contributed by atoms with van der Waals surface area (Å²) >= 11 is 0. The first-order valence-electron chi connectivity index (χ1n) is 8.38. The second-order valence-corrected chi connectivity index (χ2v) is 5.97. The summed E-state index contributed by atoms with van der Waals surface area (Å²) in [4.78, 5) is 20.7. The van der Waals surface area contributed by atoms with Crippen LogP contribution in [0.2, 0.25) is 0 Å². The molecule has 0 spiro atoms. The van der Waals surface area contributed by atoms with Crippen molar-refractivity contribution in [3.05, 3.63) is 60.4 Å². The van der Waals surface area contributed by atoms with Gasteiger partial charge in [-0.25, -0.2) is 0 Å². The molecule has 0 atom stereocenters. The lowest BCUT2D eigenvalue weighted by Gasteiger charge is -2.22. The molecule has 0 unspecified atom stereocenters. The van der Waals surface area contributed by atoms with Crippen LogP contribution < -0.4 is 4.74 Å². The Morgan fingerprint density at radius 1 is 1.00 bits per heavy atom. The summed E-state index contributed by atoms with van der Waals surface area (Å²) in [5, 5.41) is 0. The van der Waals surface area contributed by atoms with E-state index in [2.05, 4.69) is 9.88 Å². The zero-order valence-electron chi connectivity index (χ0n) is 13.8. The molecule has 24 heavy (non-hydrogen) atoms. The van der Waals surface area contributed by atoms with Crippen LogP contribution in [0.15, 0.2) is 54.9 Å². The number of benzene rings is 1. The van der Waals surface area contributed by atoms with E-state index in [0.717, 1.165) is 44.9 Å². The largest absolute Gasteiger partial charge is 0.484 e. The van der Waals surface area contributed by atoms with E-state index >= 15 is 0 Å². The van der Waals surface area contributed by atoms with Crippen molar-refractivity contribution in [2.45, 2.75) is 13.0 Å². The Morgan fingerprint density at radius 3 is 2.58 bits per heavy atom. The molecule has 0 radical (unpaired) electrons. The van der Waals surface area contributed by atoms with Crippen molar-refractivity contribution in [2.24, 2.45) is 0 Å². The third-order valence-corrected chi connectivity index (χ3v) is 4.20. The molecule has 5 nitrogen and oxygen atoms in total. The van der Waals surface area contributed by atoms with Crippen molar-refractivity contribution >= 4 is 5.91 Å². The van der Waals surface area contributed by atoms with Crippen molar-refractivity contribution in [1.82, 2.24) is 14.8 Å². The lowest BCUT2D eigenvalue weighted by atomic mass is 10.2. The number of ether oxygens (including phenoxy) is 1. The Labute approximate surface area is 142 Å². The van der Waals surface area contributed by atoms with Crippen molar-refractivity contribution in [3.63, 3.8) is 0 Å². The molecule has 2 heterocycles. The van der Waals surface area contributed by atoms with Crippen LogP contribution in [0.5, 0.6) is 5.75 Å². The second kappa shape index (κ2) is 8.45. The molecule has 1 fully saturated rings. The summed E-state index contributed by atoms with van der Waals surface area (Å²) in [6.07, 6.45) is 4.63. The van der Waals surface area contributed by atoms with Gasteiger partial charge in [-0.3, -0.25) is 14.7 Å². The predicted octanol–water partition coefficient (Wildman–Crippen LogP) is 2.19. The molecule has 2 aromatic rings. The van der Waals surface area contributed by atoms with E-state index in [0.29, 0.717) is 0 Å². The third kappa shape index (κ3) is 4.80. The second-order valence-electron chi connectivity index (χ2n) is 5.97. The minimum Gasteiger partial charge on any atom is -0.484 e. The predicted molar refractivity (Wildman–Crippen MR) is 92.6 cm³/mol. The smallest absolute Gasteiger partial charge is 0.260 e. The van der Waals surface area contributed by atoms with Crippen LogP contribution >= 0.6 is 0 Å². The lowest BCUT2D eigenvalue weighted by Crippen LogP contribution is -2.38. The van der Waals surface area contributed by atoms with Crippen molar-refractivity contribution in [2.75, 3.05) is 32.8 Å². The fourth-order valence-corrected chi connectivity index (χ4v) is 2.88. The van der Waals surface area contributed by atoms with E-state index < -0.39 is 0 Å². The van der Waals surface area contributed by atoms with Crippen LogP contribution in [-0.2, 0) is 11.3 Å². The minimum absolute atomic E-state index is 0.0598. The quantitative estimate of drug-likeness (QED) is 0.845. The molecule has 0 saturated carbocycles. The maximum atomic E-state index is 12.4. The molecule has 1 aliphatic rings. The van der Waals surface area contributed by atoms with Crippen LogP contribution in [-0.4, -0.2) is 53.5 Å². The lowest BCUT2D eigenvalue weighted by molar-refractivity contribution is -0.133.